The molecule has 1 aromatic rings. The van der Waals surface area contributed by atoms with Crippen LogP contribution < -0.4 is 9.64 Å². The lowest BCUT2D eigenvalue weighted by Gasteiger charge is -2.35. The Hall–Kier alpha value is -1.60. The molecule has 2 heterocycles. The van der Waals surface area contributed by atoms with Crippen molar-refractivity contribution in [3.8, 4) is 5.75 Å². The van der Waals surface area contributed by atoms with Crippen LogP contribution in [0.5, 0.6) is 5.75 Å². The molecule has 2 aliphatic heterocycles. The van der Waals surface area contributed by atoms with Crippen molar-refractivity contribution in [2.24, 2.45) is 0 Å². The number of rotatable bonds is 3. The number of piperidine rings is 1. The highest BCUT2D eigenvalue weighted by Crippen LogP contribution is 2.36. The minimum atomic E-state index is -3.57. The molecule has 7 heteroatoms. The minimum Gasteiger partial charge on any atom is -0.490 e. The van der Waals surface area contributed by atoms with Gasteiger partial charge in [-0.15, -0.1) is 0 Å². The first-order chi connectivity index (χ1) is 11.4. The zero-order valence-electron chi connectivity index (χ0n) is 14.2. The van der Waals surface area contributed by atoms with Gasteiger partial charge in [0.25, 0.3) is 0 Å². The summed E-state index contributed by atoms with van der Waals surface area (Å²) in [6.07, 6.45) is 3.68. The number of amides is 1. The fourth-order valence-corrected chi connectivity index (χ4v) is 5.31. The number of carbonyl (C=O) groups is 1. The third-order valence-electron chi connectivity index (χ3n) is 4.82. The molecule has 0 aliphatic carbocycles. The summed E-state index contributed by atoms with van der Waals surface area (Å²) in [7, 11) is -3.57. The number of carbonyl (C=O) groups excluding carboxylic acids is 1. The highest BCUT2D eigenvalue weighted by Gasteiger charge is 2.33. The number of fused-ring (bicyclic) bond motifs is 1. The van der Waals surface area contributed by atoms with Gasteiger partial charge >= 0.3 is 0 Å². The first-order valence-electron chi connectivity index (χ1n) is 8.52. The Morgan fingerprint density at radius 3 is 2.79 bits per heavy atom. The molecule has 132 valence electrons. The molecule has 6 nitrogen and oxygen atoms in total. The van der Waals surface area contributed by atoms with Gasteiger partial charge in [0.1, 0.15) is 12.4 Å². The van der Waals surface area contributed by atoms with Gasteiger partial charge in [0.05, 0.1) is 17.1 Å². The van der Waals surface area contributed by atoms with Crippen LogP contribution in [0.1, 0.15) is 39.5 Å². The zero-order chi connectivity index (χ0) is 17.3. The molecular formula is C17H24N2O4S. The summed E-state index contributed by atoms with van der Waals surface area (Å²) in [6.45, 7) is 4.92. The predicted octanol–water partition coefficient (Wildman–Crippen LogP) is 2.39. The maximum Gasteiger partial charge on any atom is 0.243 e. The Morgan fingerprint density at radius 2 is 2.08 bits per heavy atom. The molecule has 1 unspecified atom stereocenters. The number of anilines is 1. The van der Waals surface area contributed by atoms with E-state index in [1.54, 1.807) is 27.4 Å². The quantitative estimate of drug-likeness (QED) is 0.838. The van der Waals surface area contributed by atoms with E-state index in [4.69, 9.17) is 4.74 Å². The van der Waals surface area contributed by atoms with Gasteiger partial charge in [-0.05, 0) is 37.5 Å². The van der Waals surface area contributed by atoms with Crippen molar-refractivity contribution in [3.05, 3.63) is 18.2 Å². The highest BCUT2D eigenvalue weighted by molar-refractivity contribution is 7.89. The maximum atomic E-state index is 13.1. The summed E-state index contributed by atoms with van der Waals surface area (Å²) in [5.41, 5.74) is 0.542. The van der Waals surface area contributed by atoms with E-state index in [1.807, 2.05) is 6.92 Å². The second kappa shape index (κ2) is 6.72. The Morgan fingerprint density at radius 1 is 1.29 bits per heavy atom. The van der Waals surface area contributed by atoms with Gasteiger partial charge < -0.3 is 9.64 Å². The largest absolute Gasteiger partial charge is 0.490 e. The normalized spacial score (nSPS) is 21.9. The van der Waals surface area contributed by atoms with E-state index >= 15 is 0 Å². The van der Waals surface area contributed by atoms with Gasteiger partial charge in [-0.1, -0.05) is 13.3 Å². The lowest BCUT2D eigenvalue weighted by Crippen LogP contribution is -2.43. The second-order valence-corrected chi connectivity index (χ2v) is 8.21. The number of sulfonamides is 1. The van der Waals surface area contributed by atoms with E-state index in [9.17, 15) is 13.2 Å². The first-order valence-corrected chi connectivity index (χ1v) is 9.96. The van der Waals surface area contributed by atoms with Crippen LogP contribution in [0.25, 0.3) is 0 Å². The third kappa shape index (κ3) is 3.02. The van der Waals surface area contributed by atoms with Crippen LogP contribution in [0.2, 0.25) is 0 Å². The molecule has 1 amide bonds. The maximum absolute atomic E-state index is 13.1. The number of ether oxygens (including phenoxy) is 1. The zero-order valence-corrected chi connectivity index (χ0v) is 15.0. The van der Waals surface area contributed by atoms with Crippen LogP contribution in [-0.2, 0) is 14.8 Å². The van der Waals surface area contributed by atoms with Crippen LogP contribution in [-0.4, -0.2) is 44.4 Å². The third-order valence-corrected chi connectivity index (χ3v) is 6.77. The molecule has 0 bridgehead atoms. The topological polar surface area (TPSA) is 66.9 Å². The highest BCUT2D eigenvalue weighted by atomic mass is 32.2. The summed E-state index contributed by atoms with van der Waals surface area (Å²) >= 11 is 0. The van der Waals surface area contributed by atoms with Gasteiger partial charge in [0, 0.05) is 19.5 Å². The molecule has 0 aromatic heterocycles. The van der Waals surface area contributed by atoms with Gasteiger partial charge in [0.2, 0.25) is 15.9 Å². The summed E-state index contributed by atoms with van der Waals surface area (Å²) in [6, 6.07) is 4.87. The predicted molar refractivity (Wildman–Crippen MR) is 91.8 cm³/mol. The summed E-state index contributed by atoms with van der Waals surface area (Å²) < 4.78 is 33.4. The van der Waals surface area contributed by atoms with E-state index in [0.29, 0.717) is 31.1 Å². The molecule has 24 heavy (non-hydrogen) atoms. The Labute approximate surface area is 143 Å². The first kappa shape index (κ1) is 17.2. The van der Waals surface area contributed by atoms with E-state index in [2.05, 4.69) is 0 Å². The Kier molecular flexibility index (Phi) is 4.83. The molecule has 0 radical (unpaired) electrons. The molecule has 3 rings (SSSR count). The molecule has 0 spiro atoms. The van der Waals surface area contributed by atoms with Gasteiger partial charge in [-0.25, -0.2) is 8.42 Å². The fourth-order valence-electron chi connectivity index (χ4n) is 3.52. The molecule has 0 saturated carbocycles. The molecule has 1 aromatic carbocycles. The van der Waals surface area contributed by atoms with Gasteiger partial charge in [-0.2, -0.15) is 4.31 Å². The van der Waals surface area contributed by atoms with Crippen molar-refractivity contribution in [1.29, 1.82) is 0 Å². The lowest BCUT2D eigenvalue weighted by atomic mass is 10.0. The average Bonchev–Trinajstić information content (AvgIpc) is 2.60. The van der Waals surface area contributed by atoms with Gasteiger partial charge in [0.15, 0.2) is 0 Å². The molecule has 1 fully saturated rings. The Bertz CT molecular complexity index is 732. The Balaban J connectivity index is 2.00. The van der Waals surface area contributed by atoms with Crippen molar-refractivity contribution in [1.82, 2.24) is 4.31 Å². The van der Waals surface area contributed by atoms with E-state index in [1.165, 1.54) is 6.92 Å². The van der Waals surface area contributed by atoms with E-state index < -0.39 is 10.0 Å². The van der Waals surface area contributed by atoms with Crippen LogP contribution in [0.15, 0.2) is 23.1 Å². The molecule has 0 N–H and O–H groups in total. The van der Waals surface area contributed by atoms with Crippen molar-refractivity contribution in [2.45, 2.75) is 50.5 Å². The fraction of sp³-hybridized carbons (Fsp3) is 0.588. The van der Waals surface area contributed by atoms with E-state index in [-0.39, 0.29) is 16.8 Å². The van der Waals surface area contributed by atoms with Crippen LogP contribution in [0.4, 0.5) is 5.69 Å². The van der Waals surface area contributed by atoms with Gasteiger partial charge in [-0.3, -0.25) is 4.79 Å². The smallest absolute Gasteiger partial charge is 0.243 e. The molecule has 1 saturated heterocycles. The standard InChI is InChI=1S/C17H24N2O4S/c1-3-14-6-4-5-9-19(14)24(21,22)15-7-8-17-16(12-15)18(13(2)20)10-11-23-17/h7-8,12,14H,3-6,9-11H2,1-2H3. The number of hydrogen-bond acceptors (Lipinski definition) is 4. The number of hydrogen-bond donors (Lipinski definition) is 0. The van der Waals surface area contributed by atoms with Crippen molar-refractivity contribution >= 4 is 21.6 Å². The van der Waals surface area contributed by atoms with Crippen LogP contribution in [0, 0.1) is 0 Å². The minimum absolute atomic E-state index is 0.0555. The molecule has 1 atom stereocenters. The van der Waals surface area contributed by atoms with Crippen molar-refractivity contribution in [3.63, 3.8) is 0 Å². The van der Waals surface area contributed by atoms with Crippen LogP contribution in [0.3, 0.4) is 0 Å². The molecule has 2 aliphatic rings. The second-order valence-electron chi connectivity index (χ2n) is 6.32. The number of benzene rings is 1. The SMILES string of the molecule is CCC1CCCCN1S(=O)(=O)c1ccc2c(c1)N(C(C)=O)CCO2. The van der Waals surface area contributed by atoms with Crippen LogP contribution >= 0.6 is 0 Å². The summed E-state index contributed by atoms with van der Waals surface area (Å²) in [5, 5.41) is 0. The van der Waals surface area contributed by atoms with Crippen molar-refractivity contribution < 1.29 is 17.9 Å². The molecular weight excluding hydrogens is 328 g/mol. The van der Waals surface area contributed by atoms with E-state index in [0.717, 1.165) is 25.7 Å². The van der Waals surface area contributed by atoms with Crippen molar-refractivity contribution in [2.75, 3.05) is 24.6 Å². The summed E-state index contributed by atoms with van der Waals surface area (Å²) in [4.78, 5) is 13.6. The monoisotopic (exact) mass is 352 g/mol. The number of nitrogens with zero attached hydrogens (tertiary/aromatic N) is 2. The average molecular weight is 352 g/mol. The lowest BCUT2D eigenvalue weighted by molar-refractivity contribution is -0.116. The summed E-state index contributed by atoms with van der Waals surface area (Å²) in [5.74, 6) is 0.444.